The van der Waals surface area contributed by atoms with Gasteiger partial charge in [-0.2, -0.15) is 13.2 Å². The van der Waals surface area contributed by atoms with Gasteiger partial charge in [0.1, 0.15) is 4.88 Å². The quantitative estimate of drug-likeness (QED) is 0.771. The molecule has 0 aromatic carbocycles. The molecule has 14 heavy (non-hydrogen) atoms. The lowest BCUT2D eigenvalue weighted by Gasteiger charge is -2.00. The number of anilines is 1. The molecular weight excluding hydrogens is 217 g/mol. The Labute approximate surface area is 82.6 Å². The van der Waals surface area contributed by atoms with Crippen LogP contribution in [0.2, 0.25) is 0 Å². The molecule has 0 bridgehead atoms. The highest BCUT2D eigenvalue weighted by Crippen LogP contribution is 2.34. The third-order valence-electron chi connectivity index (χ3n) is 1.40. The number of aromatic nitrogens is 1. The molecule has 1 aromatic rings. The van der Waals surface area contributed by atoms with E-state index in [1.807, 2.05) is 0 Å². The summed E-state index contributed by atoms with van der Waals surface area (Å²) >= 11 is 0.561. The van der Waals surface area contributed by atoms with Crippen LogP contribution in [-0.2, 0) is 6.18 Å². The van der Waals surface area contributed by atoms with Crippen molar-refractivity contribution in [1.29, 1.82) is 0 Å². The highest BCUT2D eigenvalue weighted by molar-refractivity contribution is 7.15. The number of nitrogens with zero attached hydrogens (tertiary/aromatic N) is 1. The lowest BCUT2D eigenvalue weighted by Crippen LogP contribution is -2.02. The largest absolute Gasteiger partial charge is 0.427 e. The summed E-state index contributed by atoms with van der Waals surface area (Å²) in [4.78, 5) is 2.84. The third-order valence-corrected chi connectivity index (χ3v) is 2.40. The van der Waals surface area contributed by atoms with E-state index in [-0.39, 0.29) is 11.7 Å². The third kappa shape index (κ3) is 3.15. The van der Waals surface area contributed by atoms with Crippen LogP contribution in [-0.4, -0.2) is 23.2 Å². The molecule has 1 aromatic heterocycles. The minimum absolute atomic E-state index is 0.00447. The van der Waals surface area contributed by atoms with Crippen molar-refractivity contribution >= 4 is 16.5 Å². The van der Waals surface area contributed by atoms with E-state index < -0.39 is 11.1 Å². The fourth-order valence-electron chi connectivity index (χ4n) is 0.761. The smallest absolute Gasteiger partial charge is 0.396 e. The van der Waals surface area contributed by atoms with Crippen LogP contribution in [0.3, 0.4) is 0 Å². The lowest BCUT2D eigenvalue weighted by molar-refractivity contribution is -0.134. The number of hydrogen-bond acceptors (Lipinski definition) is 4. The molecule has 80 valence electrons. The molecule has 0 aliphatic carbocycles. The van der Waals surface area contributed by atoms with Gasteiger partial charge in [0.25, 0.3) is 0 Å². The Morgan fingerprint density at radius 1 is 1.50 bits per heavy atom. The normalized spacial score (nSPS) is 11.7. The monoisotopic (exact) mass is 226 g/mol. The molecule has 7 heteroatoms. The van der Waals surface area contributed by atoms with E-state index in [0.717, 1.165) is 6.20 Å². The summed E-state index contributed by atoms with van der Waals surface area (Å²) in [6, 6.07) is 0. The van der Waals surface area contributed by atoms with Crippen molar-refractivity contribution in [2.75, 3.05) is 18.5 Å². The summed E-state index contributed by atoms with van der Waals surface area (Å²) in [5, 5.41) is 11.4. The second kappa shape index (κ2) is 4.61. The Hall–Kier alpha value is -0.820. The van der Waals surface area contributed by atoms with Gasteiger partial charge in [-0.05, 0) is 6.42 Å². The Balaban J connectivity index is 2.51. The van der Waals surface area contributed by atoms with Gasteiger partial charge in [0, 0.05) is 13.2 Å². The maximum absolute atomic E-state index is 12.1. The molecule has 0 unspecified atom stereocenters. The molecule has 0 radical (unpaired) electrons. The number of nitrogens with one attached hydrogen (secondary N) is 1. The molecule has 0 fully saturated rings. The Morgan fingerprint density at radius 2 is 2.21 bits per heavy atom. The van der Waals surface area contributed by atoms with Crippen LogP contribution < -0.4 is 5.32 Å². The van der Waals surface area contributed by atoms with E-state index >= 15 is 0 Å². The van der Waals surface area contributed by atoms with Crippen molar-refractivity contribution in [2.24, 2.45) is 0 Å². The zero-order chi connectivity index (χ0) is 10.6. The summed E-state index contributed by atoms with van der Waals surface area (Å²) in [5.41, 5.74) is 0. The van der Waals surface area contributed by atoms with Gasteiger partial charge in [-0.3, -0.25) is 0 Å². The van der Waals surface area contributed by atoms with Crippen molar-refractivity contribution in [2.45, 2.75) is 12.6 Å². The molecule has 0 aliphatic rings. The SMILES string of the molecule is OCCCNc1ncc(C(F)(F)F)s1. The molecule has 0 saturated heterocycles. The fraction of sp³-hybridized carbons (Fsp3) is 0.571. The van der Waals surface area contributed by atoms with Crippen LogP contribution in [0, 0.1) is 0 Å². The summed E-state index contributed by atoms with van der Waals surface area (Å²) in [7, 11) is 0. The first-order chi connectivity index (χ1) is 6.54. The van der Waals surface area contributed by atoms with Crippen molar-refractivity contribution in [3.05, 3.63) is 11.1 Å². The number of thiazole rings is 1. The van der Waals surface area contributed by atoms with Crippen LogP contribution >= 0.6 is 11.3 Å². The molecule has 1 heterocycles. The predicted molar refractivity (Wildman–Crippen MR) is 47.3 cm³/mol. The van der Waals surface area contributed by atoms with E-state index in [1.165, 1.54) is 0 Å². The van der Waals surface area contributed by atoms with Gasteiger partial charge in [0.2, 0.25) is 0 Å². The van der Waals surface area contributed by atoms with Gasteiger partial charge in [-0.15, -0.1) is 0 Å². The van der Waals surface area contributed by atoms with Crippen LogP contribution in [0.15, 0.2) is 6.20 Å². The first-order valence-electron chi connectivity index (χ1n) is 3.92. The van der Waals surface area contributed by atoms with Crippen LogP contribution in [0.25, 0.3) is 0 Å². The molecule has 3 nitrogen and oxygen atoms in total. The lowest BCUT2D eigenvalue weighted by atomic mass is 10.5. The molecule has 0 amide bonds. The number of alkyl halides is 3. The molecule has 0 atom stereocenters. The van der Waals surface area contributed by atoms with Crippen molar-refractivity contribution in [3.63, 3.8) is 0 Å². The average Bonchev–Trinajstić information content (AvgIpc) is 2.52. The van der Waals surface area contributed by atoms with E-state index in [9.17, 15) is 13.2 Å². The number of aliphatic hydroxyl groups is 1. The number of rotatable bonds is 4. The van der Waals surface area contributed by atoms with Gasteiger partial charge in [-0.25, -0.2) is 4.98 Å². The predicted octanol–water partition coefficient (Wildman–Crippen LogP) is 1.96. The fourth-order valence-corrected chi connectivity index (χ4v) is 1.47. The van der Waals surface area contributed by atoms with Crippen molar-refractivity contribution in [1.82, 2.24) is 4.98 Å². The van der Waals surface area contributed by atoms with Gasteiger partial charge >= 0.3 is 6.18 Å². The van der Waals surface area contributed by atoms with Gasteiger partial charge in [0.15, 0.2) is 5.13 Å². The molecule has 0 saturated carbocycles. The summed E-state index contributed by atoms with van der Waals surface area (Å²) < 4.78 is 36.3. The maximum Gasteiger partial charge on any atom is 0.427 e. The summed E-state index contributed by atoms with van der Waals surface area (Å²) in [5.74, 6) is 0. The highest BCUT2D eigenvalue weighted by atomic mass is 32.1. The zero-order valence-electron chi connectivity index (χ0n) is 7.14. The standard InChI is InChI=1S/C7H9F3N2OS/c8-7(9,10)5-4-12-6(14-5)11-2-1-3-13/h4,13H,1-3H2,(H,11,12). The maximum atomic E-state index is 12.1. The van der Waals surface area contributed by atoms with Crippen LogP contribution in [0.4, 0.5) is 18.3 Å². The minimum Gasteiger partial charge on any atom is -0.396 e. The molecule has 0 spiro atoms. The van der Waals surface area contributed by atoms with Gasteiger partial charge in [0.05, 0.1) is 6.20 Å². The molecule has 0 aliphatic heterocycles. The average molecular weight is 226 g/mol. The molecule has 1 rings (SSSR count). The van der Waals surface area contributed by atoms with E-state index in [2.05, 4.69) is 10.3 Å². The summed E-state index contributed by atoms with van der Waals surface area (Å²) in [6.07, 6.45) is -3.04. The van der Waals surface area contributed by atoms with Crippen LogP contribution in [0.1, 0.15) is 11.3 Å². The topological polar surface area (TPSA) is 45.1 Å². The van der Waals surface area contributed by atoms with E-state index in [1.54, 1.807) is 0 Å². The van der Waals surface area contributed by atoms with Crippen molar-refractivity contribution < 1.29 is 18.3 Å². The highest BCUT2D eigenvalue weighted by Gasteiger charge is 2.33. The van der Waals surface area contributed by atoms with E-state index in [4.69, 9.17) is 5.11 Å². The van der Waals surface area contributed by atoms with Gasteiger partial charge < -0.3 is 10.4 Å². The minimum atomic E-state index is -4.32. The Bertz CT molecular complexity index is 287. The molecule has 2 N–H and O–H groups in total. The second-order valence-corrected chi connectivity index (χ2v) is 3.56. The van der Waals surface area contributed by atoms with Crippen LogP contribution in [0.5, 0.6) is 0 Å². The van der Waals surface area contributed by atoms with Gasteiger partial charge in [-0.1, -0.05) is 11.3 Å². The summed E-state index contributed by atoms with van der Waals surface area (Å²) in [6.45, 7) is 0.422. The number of aliphatic hydroxyl groups excluding tert-OH is 1. The number of hydrogen-bond donors (Lipinski definition) is 2. The Kier molecular flexibility index (Phi) is 3.70. The molecular formula is C7H9F3N2OS. The Morgan fingerprint density at radius 3 is 2.71 bits per heavy atom. The second-order valence-electron chi connectivity index (χ2n) is 2.53. The first kappa shape index (κ1) is 11.3. The zero-order valence-corrected chi connectivity index (χ0v) is 7.95. The first-order valence-corrected chi connectivity index (χ1v) is 4.73. The van der Waals surface area contributed by atoms with E-state index in [0.29, 0.717) is 24.3 Å². The number of halogens is 3. The van der Waals surface area contributed by atoms with Crippen molar-refractivity contribution in [3.8, 4) is 0 Å².